The number of aromatic nitrogens is 5. The maximum Gasteiger partial charge on any atom is 0.342 e. The van der Waals surface area contributed by atoms with E-state index in [1.165, 1.54) is 6.21 Å². The Balaban J connectivity index is 1.71. The standard InChI is InChI=1S/C16H14ClN7O3/c1-9-11(14(17)24(23-9)10-5-3-2-4-6-10)8-18-21-13(25)7-12-15(26)19-16(27)22-20-12/h2-6,8H,7H2,1H3,(H,21,25)(H2,19,22,26,27)/b18-8+. The lowest BCUT2D eigenvalue weighted by Gasteiger charge is -2.02. The van der Waals surface area contributed by atoms with Crippen LogP contribution in [0, 0.1) is 6.92 Å². The summed E-state index contributed by atoms with van der Waals surface area (Å²) < 4.78 is 1.56. The Labute approximate surface area is 156 Å². The second-order valence-corrected chi connectivity index (χ2v) is 5.82. The van der Waals surface area contributed by atoms with Crippen molar-refractivity contribution in [3.8, 4) is 5.69 Å². The van der Waals surface area contributed by atoms with Crippen LogP contribution in [0.1, 0.15) is 17.0 Å². The van der Waals surface area contributed by atoms with Crippen LogP contribution in [0.25, 0.3) is 5.69 Å². The lowest BCUT2D eigenvalue weighted by Crippen LogP contribution is -2.31. The first-order valence-corrected chi connectivity index (χ1v) is 8.14. The summed E-state index contributed by atoms with van der Waals surface area (Å²) in [5, 5.41) is 14.1. The summed E-state index contributed by atoms with van der Waals surface area (Å²) >= 11 is 6.35. The molecule has 1 amide bonds. The average molecular weight is 388 g/mol. The van der Waals surface area contributed by atoms with Gasteiger partial charge in [0.15, 0.2) is 0 Å². The van der Waals surface area contributed by atoms with Gasteiger partial charge in [0.05, 0.1) is 29.6 Å². The molecule has 10 nitrogen and oxygen atoms in total. The highest BCUT2D eigenvalue weighted by molar-refractivity contribution is 6.32. The molecule has 11 heteroatoms. The quantitative estimate of drug-likeness (QED) is 0.427. The van der Waals surface area contributed by atoms with Crippen LogP contribution in [-0.4, -0.2) is 37.1 Å². The molecule has 0 atom stereocenters. The van der Waals surface area contributed by atoms with Crippen molar-refractivity contribution < 1.29 is 4.79 Å². The van der Waals surface area contributed by atoms with E-state index in [0.29, 0.717) is 16.4 Å². The average Bonchev–Trinajstić information content (AvgIpc) is 2.93. The Kier molecular flexibility index (Phi) is 5.27. The molecule has 3 rings (SSSR count). The zero-order valence-electron chi connectivity index (χ0n) is 14.1. The predicted octanol–water partition coefficient (Wildman–Crippen LogP) is 0.299. The molecule has 0 spiro atoms. The SMILES string of the molecule is Cc1nn(-c2ccccc2)c(Cl)c1/C=N/NC(=O)Cc1n[nH]c(=O)[nH]c1=O. The number of carbonyl (C=O) groups is 1. The number of carbonyl (C=O) groups excluding carboxylic acids is 1. The van der Waals surface area contributed by atoms with Crippen molar-refractivity contribution in [2.75, 3.05) is 0 Å². The Morgan fingerprint density at radius 1 is 1.33 bits per heavy atom. The number of hydrazone groups is 1. The maximum absolute atomic E-state index is 11.9. The minimum Gasteiger partial charge on any atom is -0.273 e. The summed E-state index contributed by atoms with van der Waals surface area (Å²) in [4.78, 5) is 36.3. The molecule has 138 valence electrons. The number of hydrogen-bond acceptors (Lipinski definition) is 6. The molecule has 0 radical (unpaired) electrons. The number of hydrogen-bond donors (Lipinski definition) is 3. The van der Waals surface area contributed by atoms with Gasteiger partial charge >= 0.3 is 5.69 Å². The molecule has 3 N–H and O–H groups in total. The smallest absolute Gasteiger partial charge is 0.273 e. The fourth-order valence-electron chi connectivity index (χ4n) is 2.25. The van der Waals surface area contributed by atoms with Crippen molar-refractivity contribution in [2.24, 2.45) is 5.10 Å². The van der Waals surface area contributed by atoms with E-state index in [-0.39, 0.29) is 12.1 Å². The second kappa shape index (κ2) is 7.79. The third-order valence-corrected chi connectivity index (χ3v) is 3.90. The van der Waals surface area contributed by atoms with Gasteiger partial charge in [0.1, 0.15) is 10.8 Å². The third-order valence-electron chi connectivity index (χ3n) is 3.54. The van der Waals surface area contributed by atoms with E-state index in [9.17, 15) is 14.4 Å². The summed E-state index contributed by atoms with van der Waals surface area (Å²) in [5.41, 5.74) is 2.62. The van der Waals surface area contributed by atoms with Gasteiger partial charge in [-0.3, -0.25) is 14.6 Å². The molecule has 1 aromatic carbocycles. The number of amides is 1. The van der Waals surface area contributed by atoms with Gasteiger partial charge in [-0.25, -0.2) is 20.0 Å². The van der Waals surface area contributed by atoms with Crippen molar-refractivity contribution in [2.45, 2.75) is 13.3 Å². The summed E-state index contributed by atoms with van der Waals surface area (Å²) in [5.74, 6) is -0.583. The van der Waals surface area contributed by atoms with Crippen molar-refractivity contribution in [1.82, 2.24) is 30.4 Å². The number of halogens is 1. The zero-order valence-corrected chi connectivity index (χ0v) is 14.8. The lowest BCUT2D eigenvalue weighted by atomic mass is 10.3. The molecule has 2 aromatic heterocycles. The topological polar surface area (TPSA) is 138 Å². The van der Waals surface area contributed by atoms with Gasteiger partial charge < -0.3 is 0 Å². The molecule has 2 heterocycles. The molecule has 0 aliphatic rings. The highest BCUT2D eigenvalue weighted by atomic mass is 35.5. The molecule has 0 bridgehead atoms. The Morgan fingerprint density at radius 3 is 2.78 bits per heavy atom. The van der Waals surface area contributed by atoms with Crippen LogP contribution in [0.2, 0.25) is 5.15 Å². The van der Waals surface area contributed by atoms with Gasteiger partial charge in [-0.1, -0.05) is 29.8 Å². The van der Waals surface area contributed by atoms with Crippen molar-refractivity contribution in [3.63, 3.8) is 0 Å². The van der Waals surface area contributed by atoms with Gasteiger partial charge in [0.2, 0.25) is 5.91 Å². The lowest BCUT2D eigenvalue weighted by molar-refractivity contribution is -0.120. The normalized spacial score (nSPS) is 11.0. The first-order valence-electron chi connectivity index (χ1n) is 7.76. The van der Waals surface area contributed by atoms with E-state index in [1.807, 2.05) is 35.3 Å². The molecule has 27 heavy (non-hydrogen) atoms. The molecule has 0 fully saturated rings. The van der Waals surface area contributed by atoms with Crippen LogP contribution in [0.3, 0.4) is 0 Å². The van der Waals surface area contributed by atoms with E-state index in [0.717, 1.165) is 5.69 Å². The van der Waals surface area contributed by atoms with E-state index in [2.05, 4.69) is 25.8 Å². The molecular formula is C16H14ClN7O3. The monoisotopic (exact) mass is 387 g/mol. The minimum absolute atomic E-state index is 0.131. The molecule has 0 unspecified atom stereocenters. The van der Waals surface area contributed by atoms with Crippen LogP contribution < -0.4 is 16.7 Å². The van der Waals surface area contributed by atoms with E-state index >= 15 is 0 Å². The molecule has 0 aliphatic heterocycles. The Bertz CT molecular complexity index is 1120. The number of aryl methyl sites for hydroxylation is 1. The predicted molar refractivity (Wildman–Crippen MR) is 98.2 cm³/mol. The van der Waals surface area contributed by atoms with Crippen LogP contribution in [-0.2, 0) is 11.2 Å². The largest absolute Gasteiger partial charge is 0.342 e. The molecule has 0 saturated carbocycles. The van der Waals surface area contributed by atoms with Crippen molar-refractivity contribution in [3.05, 3.63) is 73.3 Å². The van der Waals surface area contributed by atoms with Crippen LogP contribution in [0.15, 0.2) is 45.0 Å². The van der Waals surface area contributed by atoms with Gasteiger partial charge in [-0.05, 0) is 19.1 Å². The van der Waals surface area contributed by atoms with Crippen molar-refractivity contribution in [1.29, 1.82) is 0 Å². The van der Waals surface area contributed by atoms with Gasteiger partial charge in [0, 0.05) is 0 Å². The van der Waals surface area contributed by atoms with Gasteiger partial charge in [-0.2, -0.15) is 15.3 Å². The number of nitrogens with one attached hydrogen (secondary N) is 3. The number of para-hydroxylation sites is 1. The number of rotatable bonds is 5. The number of H-pyrrole nitrogens is 2. The first kappa shape index (κ1) is 18.3. The fourth-order valence-corrected chi connectivity index (χ4v) is 2.57. The number of aromatic amines is 2. The summed E-state index contributed by atoms with van der Waals surface area (Å²) in [6.45, 7) is 1.76. The molecular weight excluding hydrogens is 374 g/mol. The summed E-state index contributed by atoms with van der Waals surface area (Å²) in [6, 6.07) is 9.33. The second-order valence-electron chi connectivity index (χ2n) is 5.46. The van der Waals surface area contributed by atoms with Gasteiger partial charge in [-0.15, -0.1) is 0 Å². The highest BCUT2D eigenvalue weighted by Gasteiger charge is 2.13. The molecule has 0 saturated heterocycles. The maximum atomic E-state index is 11.9. The summed E-state index contributed by atoms with van der Waals surface area (Å²) in [7, 11) is 0. The molecule has 3 aromatic rings. The zero-order chi connectivity index (χ0) is 19.4. The Hall–Kier alpha value is -3.53. The Morgan fingerprint density at radius 2 is 2.07 bits per heavy atom. The summed E-state index contributed by atoms with van der Waals surface area (Å²) in [6.07, 6.45) is 1.02. The minimum atomic E-state index is -0.747. The number of nitrogens with zero attached hydrogens (tertiary/aromatic N) is 4. The van der Waals surface area contributed by atoms with E-state index < -0.39 is 17.2 Å². The van der Waals surface area contributed by atoms with Crippen LogP contribution in [0.5, 0.6) is 0 Å². The van der Waals surface area contributed by atoms with Crippen LogP contribution >= 0.6 is 11.6 Å². The van der Waals surface area contributed by atoms with E-state index in [4.69, 9.17) is 11.6 Å². The highest BCUT2D eigenvalue weighted by Crippen LogP contribution is 2.21. The molecule has 0 aliphatic carbocycles. The third kappa shape index (κ3) is 4.18. The first-order chi connectivity index (χ1) is 13.0. The van der Waals surface area contributed by atoms with Crippen LogP contribution in [0.4, 0.5) is 0 Å². The van der Waals surface area contributed by atoms with Crippen molar-refractivity contribution >= 4 is 23.7 Å². The fraction of sp³-hybridized carbons (Fsp3) is 0.125. The number of benzene rings is 1. The van der Waals surface area contributed by atoms with Gasteiger partial charge in [0.25, 0.3) is 5.56 Å². The van der Waals surface area contributed by atoms with E-state index in [1.54, 1.807) is 11.6 Å².